The number of hydrazine groups is 1. The van der Waals surface area contributed by atoms with E-state index in [1.54, 1.807) is 5.38 Å². The van der Waals surface area contributed by atoms with Gasteiger partial charge in [-0.05, 0) is 6.07 Å². The molecular weight excluding hydrogens is 431 g/mol. The standard InChI is InChI=1S/C12H12Cl2N4O4S3/c13-9-5-8(10(14)24-9)25(20,21)17-16-11(19)7-6-23-12(15-7)18-1-3-22-4-2-18/h5-6,17H,1-4H2,(H,16,19). The SMILES string of the molecule is O=C(NNS(=O)(=O)c1cc(Cl)sc1Cl)c1csc(N2CCOCC2)n1. The van der Waals surface area contributed by atoms with Crippen LogP contribution in [0.25, 0.3) is 0 Å². The number of aromatic nitrogens is 1. The maximum Gasteiger partial charge on any atom is 0.285 e. The Morgan fingerprint density at radius 2 is 2.04 bits per heavy atom. The predicted molar refractivity (Wildman–Crippen MR) is 97.3 cm³/mol. The van der Waals surface area contributed by atoms with Crippen molar-refractivity contribution in [1.29, 1.82) is 0 Å². The van der Waals surface area contributed by atoms with Gasteiger partial charge < -0.3 is 9.64 Å². The lowest BCUT2D eigenvalue weighted by atomic mass is 10.4. The number of thiazole rings is 1. The number of sulfonamides is 1. The second-order valence-electron chi connectivity index (χ2n) is 4.86. The zero-order valence-electron chi connectivity index (χ0n) is 12.5. The Hall–Kier alpha value is -0.950. The van der Waals surface area contributed by atoms with Crippen LogP contribution in [0.3, 0.4) is 0 Å². The molecule has 1 aliphatic heterocycles. The minimum Gasteiger partial charge on any atom is -0.378 e. The van der Waals surface area contributed by atoms with Gasteiger partial charge in [0, 0.05) is 18.5 Å². The molecule has 2 aromatic rings. The van der Waals surface area contributed by atoms with E-state index in [1.165, 1.54) is 17.4 Å². The van der Waals surface area contributed by atoms with E-state index >= 15 is 0 Å². The molecule has 1 fully saturated rings. The number of carbonyl (C=O) groups is 1. The third-order valence-electron chi connectivity index (χ3n) is 3.22. The largest absolute Gasteiger partial charge is 0.378 e. The molecule has 0 atom stereocenters. The number of carbonyl (C=O) groups excluding carboxylic acids is 1. The minimum absolute atomic E-state index is 0.00927. The zero-order chi connectivity index (χ0) is 18.0. The monoisotopic (exact) mass is 442 g/mol. The highest BCUT2D eigenvalue weighted by Crippen LogP contribution is 2.33. The number of amides is 1. The molecular formula is C12H12Cl2N4O4S3. The molecule has 0 saturated carbocycles. The summed E-state index contributed by atoms with van der Waals surface area (Å²) >= 11 is 13.8. The molecule has 13 heteroatoms. The summed E-state index contributed by atoms with van der Waals surface area (Å²) in [6.07, 6.45) is 0. The maximum absolute atomic E-state index is 12.2. The van der Waals surface area contributed by atoms with Crippen LogP contribution in [-0.4, -0.2) is 45.6 Å². The van der Waals surface area contributed by atoms with Gasteiger partial charge in [0.15, 0.2) is 5.13 Å². The number of nitrogens with one attached hydrogen (secondary N) is 2. The molecule has 3 rings (SSSR count). The second-order valence-corrected chi connectivity index (χ2v) is 9.64. The summed E-state index contributed by atoms with van der Waals surface area (Å²) in [4.78, 5) is 20.1. The van der Waals surface area contributed by atoms with Gasteiger partial charge in [-0.15, -0.1) is 27.5 Å². The van der Waals surface area contributed by atoms with Gasteiger partial charge in [-0.2, -0.15) is 0 Å². The number of hydrogen-bond donors (Lipinski definition) is 2. The van der Waals surface area contributed by atoms with Gasteiger partial charge in [-0.1, -0.05) is 23.2 Å². The highest BCUT2D eigenvalue weighted by Gasteiger charge is 2.23. The number of hydrogen-bond acceptors (Lipinski definition) is 8. The van der Waals surface area contributed by atoms with Gasteiger partial charge in [-0.25, -0.2) is 13.4 Å². The van der Waals surface area contributed by atoms with Crippen LogP contribution in [0, 0.1) is 0 Å². The number of anilines is 1. The molecule has 0 aliphatic carbocycles. The molecule has 0 radical (unpaired) electrons. The van der Waals surface area contributed by atoms with Crippen molar-refractivity contribution in [2.45, 2.75) is 4.90 Å². The first-order valence-electron chi connectivity index (χ1n) is 6.92. The summed E-state index contributed by atoms with van der Waals surface area (Å²) in [5.74, 6) is -0.670. The third kappa shape index (κ3) is 4.42. The summed E-state index contributed by atoms with van der Waals surface area (Å²) in [7, 11) is -4.03. The van der Waals surface area contributed by atoms with Crippen LogP contribution in [0.15, 0.2) is 16.3 Å². The topological polar surface area (TPSA) is 101 Å². The van der Waals surface area contributed by atoms with Crippen molar-refractivity contribution in [3.05, 3.63) is 25.8 Å². The Kier molecular flexibility index (Phi) is 5.83. The van der Waals surface area contributed by atoms with E-state index < -0.39 is 15.9 Å². The van der Waals surface area contributed by atoms with Crippen molar-refractivity contribution in [1.82, 2.24) is 15.2 Å². The summed E-state index contributed by atoms with van der Waals surface area (Å²) < 4.78 is 29.8. The molecule has 0 spiro atoms. The average molecular weight is 443 g/mol. The normalized spacial score (nSPS) is 15.4. The molecule has 1 amide bonds. The van der Waals surface area contributed by atoms with Crippen LogP contribution in [0.4, 0.5) is 5.13 Å². The van der Waals surface area contributed by atoms with Crippen molar-refractivity contribution in [3.8, 4) is 0 Å². The Morgan fingerprint density at radius 1 is 1.32 bits per heavy atom. The van der Waals surface area contributed by atoms with Gasteiger partial charge in [0.05, 0.1) is 17.6 Å². The quantitative estimate of drug-likeness (QED) is 0.686. The fourth-order valence-electron chi connectivity index (χ4n) is 2.01. The van der Waals surface area contributed by atoms with Crippen molar-refractivity contribution in [2.24, 2.45) is 0 Å². The van der Waals surface area contributed by atoms with E-state index in [0.717, 1.165) is 11.3 Å². The van der Waals surface area contributed by atoms with Gasteiger partial charge >= 0.3 is 0 Å². The van der Waals surface area contributed by atoms with E-state index in [0.29, 0.717) is 31.4 Å². The molecule has 0 unspecified atom stereocenters. The lowest BCUT2D eigenvalue weighted by Gasteiger charge is -2.25. The van der Waals surface area contributed by atoms with E-state index in [9.17, 15) is 13.2 Å². The molecule has 25 heavy (non-hydrogen) atoms. The van der Waals surface area contributed by atoms with Crippen LogP contribution in [0.1, 0.15) is 10.5 Å². The molecule has 2 aromatic heterocycles. The number of nitrogens with zero attached hydrogens (tertiary/aromatic N) is 2. The van der Waals surface area contributed by atoms with Crippen molar-refractivity contribution < 1.29 is 17.9 Å². The maximum atomic E-state index is 12.2. The summed E-state index contributed by atoms with van der Waals surface area (Å²) in [5, 5.41) is 2.24. The molecule has 8 nitrogen and oxygen atoms in total. The van der Waals surface area contributed by atoms with E-state index in [1.807, 2.05) is 9.73 Å². The number of morpholine rings is 1. The fourth-order valence-corrected chi connectivity index (χ4v) is 5.86. The Bertz CT molecular complexity index is 877. The van der Waals surface area contributed by atoms with E-state index in [4.69, 9.17) is 27.9 Å². The van der Waals surface area contributed by atoms with Crippen LogP contribution in [-0.2, 0) is 14.8 Å². The summed E-state index contributed by atoms with van der Waals surface area (Å²) in [5.41, 5.74) is 2.23. The Morgan fingerprint density at radius 3 is 2.68 bits per heavy atom. The van der Waals surface area contributed by atoms with Gasteiger partial charge in [0.25, 0.3) is 15.9 Å². The van der Waals surface area contributed by atoms with Gasteiger partial charge in [-0.3, -0.25) is 10.2 Å². The first-order chi connectivity index (χ1) is 11.9. The smallest absolute Gasteiger partial charge is 0.285 e. The number of halogens is 2. The Balaban J connectivity index is 1.64. The molecule has 1 saturated heterocycles. The molecule has 1 aliphatic rings. The highest BCUT2D eigenvalue weighted by atomic mass is 35.5. The van der Waals surface area contributed by atoms with Crippen molar-refractivity contribution in [2.75, 3.05) is 31.2 Å². The predicted octanol–water partition coefficient (Wildman–Crippen LogP) is 1.97. The third-order valence-corrected chi connectivity index (χ3v) is 7.12. The highest BCUT2D eigenvalue weighted by molar-refractivity contribution is 7.89. The molecule has 0 bridgehead atoms. The van der Waals surface area contributed by atoms with E-state index in [-0.39, 0.29) is 19.3 Å². The molecule has 136 valence electrons. The van der Waals surface area contributed by atoms with Crippen molar-refractivity contribution >= 4 is 66.9 Å². The number of rotatable bonds is 5. The fraction of sp³-hybridized carbons (Fsp3) is 0.333. The van der Waals surface area contributed by atoms with Crippen LogP contribution < -0.4 is 15.2 Å². The van der Waals surface area contributed by atoms with E-state index in [2.05, 4.69) is 10.4 Å². The minimum atomic E-state index is -4.03. The van der Waals surface area contributed by atoms with Crippen LogP contribution in [0.5, 0.6) is 0 Å². The number of thiophene rings is 1. The lowest BCUT2D eigenvalue weighted by molar-refractivity contribution is 0.0940. The first kappa shape index (κ1) is 18.8. The molecule has 2 N–H and O–H groups in total. The van der Waals surface area contributed by atoms with Crippen molar-refractivity contribution in [3.63, 3.8) is 0 Å². The Labute approximate surface area is 161 Å². The second kappa shape index (κ2) is 7.74. The van der Waals surface area contributed by atoms with Gasteiger partial charge in [0.1, 0.15) is 14.9 Å². The van der Waals surface area contributed by atoms with Crippen LogP contribution in [0.2, 0.25) is 8.67 Å². The van der Waals surface area contributed by atoms with Crippen LogP contribution >= 0.6 is 45.9 Å². The number of ether oxygens (including phenoxy) is 1. The zero-order valence-corrected chi connectivity index (χ0v) is 16.5. The lowest BCUT2D eigenvalue weighted by Crippen LogP contribution is -2.41. The average Bonchev–Trinajstić information content (AvgIpc) is 3.20. The summed E-state index contributed by atoms with van der Waals surface area (Å²) in [6, 6.07) is 1.21. The van der Waals surface area contributed by atoms with Gasteiger partial charge in [0.2, 0.25) is 0 Å². The molecule has 0 aromatic carbocycles. The first-order valence-corrected chi connectivity index (χ1v) is 10.9. The summed E-state index contributed by atoms with van der Waals surface area (Å²) in [6.45, 7) is 2.59. The molecule has 3 heterocycles.